The third-order valence-corrected chi connectivity index (χ3v) is 5.76. The molecule has 1 aromatic rings. The van der Waals surface area contributed by atoms with Crippen LogP contribution in [0, 0.1) is 5.92 Å². The Morgan fingerprint density at radius 1 is 1.17 bits per heavy atom. The minimum Gasteiger partial charge on any atom is -0.496 e. The van der Waals surface area contributed by atoms with Gasteiger partial charge >= 0.3 is 5.97 Å². The molecule has 0 saturated carbocycles. The van der Waals surface area contributed by atoms with Gasteiger partial charge in [-0.05, 0) is 37.8 Å². The number of para-hydroxylation sites is 1. The number of nitrogens with zero attached hydrogens (tertiary/aromatic N) is 1. The van der Waals surface area contributed by atoms with Gasteiger partial charge in [-0.2, -0.15) is 0 Å². The van der Waals surface area contributed by atoms with Crippen LogP contribution in [-0.2, 0) is 4.74 Å². The maximum absolute atomic E-state index is 12.4. The summed E-state index contributed by atoms with van der Waals surface area (Å²) < 4.78 is 12.1. The van der Waals surface area contributed by atoms with Gasteiger partial charge in [0.15, 0.2) is 0 Å². The molecule has 0 spiro atoms. The summed E-state index contributed by atoms with van der Waals surface area (Å²) in [5.41, 5.74) is 0.520. The van der Waals surface area contributed by atoms with Gasteiger partial charge in [-0.1, -0.05) is 12.1 Å². The molecule has 0 N–H and O–H groups in total. The number of esters is 1. The van der Waals surface area contributed by atoms with E-state index in [1.807, 2.05) is 12.1 Å². The second-order valence-electron chi connectivity index (χ2n) is 7.19. The maximum Gasteiger partial charge on any atom is 0.341 e. The van der Waals surface area contributed by atoms with Crippen molar-refractivity contribution >= 4 is 5.97 Å². The quantitative estimate of drug-likeness (QED) is 0.631. The standard InChI is InChI=1S/C19H28NO3/c1-20-12-6-5-10-17(20)15(8-7-13-20)14-23-19(21)16-9-3-4-11-18(16)22-2/h3-4,9,11,15,17H,5-8,10,12-14H2,1-2H3/q+1/t15-,17-,20-/m0/s1. The summed E-state index contributed by atoms with van der Waals surface area (Å²) in [7, 11) is 3.97. The number of ether oxygens (including phenoxy) is 2. The summed E-state index contributed by atoms with van der Waals surface area (Å²) in [6.07, 6.45) is 6.34. The minimum absolute atomic E-state index is 0.266. The normalized spacial score (nSPS) is 30.3. The Balaban J connectivity index is 1.64. The Morgan fingerprint density at radius 2 is 1.96 bits per heavy atom. The molecule has 0 aliphatic carbocycles. The van der Waals surface area contributed by atoms with Crippen LogP contribution in [0.2, 0.25) is 0 Å². The minimum atomic E-state index is -0.266. The van der Waals surface area contributed by atoms with Gasteiger partial charge < -0.3 is 14.0 Å². The highest BCUT2D eigenvalue weighted by molar-refractivity contribution is 5.92. The number of methoxy groups -OCH3 is 1. The van der Waals surface area contributed by atoms with Crippen LogP contribution in [0.4, 0.5) is 0 Å². The molecule has 0 amide bonds. The second kappa shape index (κ2) is 6.91. The molecule has 2 aliphatic heterocycles. The molecule has 2 fully saturated rings. The van der Waals surface area contributed by atoms with Gasteiger partial charge in [0.1, 0.15) is 17.9 Å². The number of rotatable bonds is 4. The number of fused-ring (bicyclic) bond motifs is 1. The molecular weight excluding hydrogens is 290 g/mol. The molecule has 2 heterocycles. The highest BCUT2D eigenvalue weighted by atomic mass is 16.5. The van der Waals surface area contributed by atoms with E-state index in [1.165, 1.54) is 49.7 Å². The Hall–Kier alpha value is -1.55. The van der Waals surface area contributed by atoms with Crippen molar-refractivity contribution in [2.45, 2.75) is 38.1 Å². The number of carbonyl (C=O) groups is 1. The molecule has 4 heteroatoms. The number of hydrogen-bond acceptors (Lipinski definition) is 3. The molecular formula is C19H28NO3+. The highest BCUT2D eigenvalue weighted by Crippen LogP contribution is 2.36. The van der Waals surface area contributed by atoms with Crippen molar-refractivity contribution in [2.75, 3.05) is 33.9 Å². The van der Waals surface area contributed by atoms with E-state index in [0.29, 0.717) is 29.9 Å². The molecule has 3 atom stereocenters. The third-order valence-electron chi connectivity index (χ3n) is 5.76. The van der Waals surface area contributed by atoms with Gasteiger partial charge in [0, 0.05) is 12.3 Å². The van der Waals surface area contributed by atoms with Crippen LogP contribution in [0.25, 0.3) is 0 Å². The van der Waals surface area contributed by atoms with E-state index in [1.54, 1.807) is 19.2 Å². The maximum atomic E-state index is 12.4. The summed E-state index contributed by atoms with van der Waals surface area (Å²) >= 11 is 0. The molecule has 2 aliphatic rings. The van der Waals surface area contributed by atoms with E-state index < -0.39 is 0 Å². The molecule has 126 valence electrons. The van der Waals surface area contributed by atoms with Crippen LogP contribution in [0.5, 0.6) is 5.75 Å². The van der Waals surface area contributed by atoms with Gasteiger partial charge in [-0.25, -0.2) is 4.79 Å². The zero-order chi connectivity index (χ0) is 16.3. The zero-order valence-corrected chi connectivity index (χ0v) is 14.3. The van der Waals surface area contributed by atoms with Crippen LogP contribution >= 0.6 is 0 Å². The van der Waals surface area contributed by atoms with E-state index in [2.05, 4.69) is 7.05 Å². The molecule has 0 bridgehead atoms. The predicted octanol–water partition coefficient (Wildman–Crippen LogP) is 3.26. The largest absolute Gasteiger partial charge is 0.496 e. The van der Waals surface area contributed by atoms with E-state index in [4.69, 9.17) is 9.47 Å². The van der Waals surface area contributed by atoms with Gasteiger partial charge in [0.25, 0.3) is 0 Å². The zero-order valence-electron chi connectivity index (χ0n) is 14.3. The Bertz CT molecular complexity index is 555. The van der Waals surface area contributed by atoms with Crippen molar-refractivity contribution in [3.05, 3.63) is 29.8 Å². The predicted molar refractivity (Wildman–Crippen MR) is 89.6 cm³/mol. The second-order valence-corrected chi connectivity index (χ2v) is 7.19. The van der Waals surface area contributed by atoms with E-state index in [9.17, 15) is 4.79 Å². The third kappa shape index (κ3) is 3.37. The summed E-state index contributed by atoms with van der Waals surface area (Å²) in [5.74, 6) is 0.810. The van der Waals surface area contributed by atoms with Crippen LogP contribution in [0.15, 0.2) is 24.3 Å². The van der Waals surface area contributed by atoms with Crippen LogP contribution < -0.4 is 4.74 Å². The molecule has 2 saturated heterocycles. The van der Waals surface area contributed by atoms with Crippen LogP contribution in [0.3, 0.4) is 0 Å². The fraction of sp³-hybridized carbons (Fsp3) is 0.632. The first-order valence-electron chi connectivity index (χ1n) is 8.78. The average molecular weight is 318 g/mol. The molecule has 4 nitrogen and oxygen atoms in total. The van der Waals surface area contributed by atoms with Gasteiger partial charge in [0.2, 0.25) is 0 Å². The monoisotopic (exact) mass is 318 g/mol. The van der Waals surface area contributed by atoms with Crippen molar-refractivity contribution in [3.63, 3.8) is 0 Å². The summed E-state index contributed by atoms with van der Waals surface area (Å²) in [4.78, 5) is 12.4. The average Bonchev–Trinajstić information content (AvgIpc) is 2.58. The molecule has 0 radical (unpaired) electrons. The molecule has 0 aromatic heterocycles. The number of hydrogen-bond donors (Lipinski definition) is 0. The SMILES string of the molecule is COc1ccccc1C(=O)OC[C@@H]1CCC[N@+]2(C)CCCC[C@@H]12. The summed E-state index contributed by atoms with van der Waals surface area (Å²) in [5, 5.41) is 0. The highest BCUT2D eigenvalue weighted by Gasteiger charge is 2.43. The lowest BCUT2D eigenvalue weighted by atomic mass is 9.82. The van der Waals surface area contributed by atoms with Crippen molar-refractivity contribution in [1.29, 1.82) is 0 Å². The first-order valence-corrected chi connectivity index (χ1v) is 8.78. The lowest BCUT2D eigenvalue weighted by Gasteiger charge is -2.51. The van der Waals surface area contributed by atoms with Crippen molar-refractivity contribution < 1.29 is 18.8 Å². The van der Waals surface area contributed by atoms with Crippen LogP contribution in [-0.4, -0.2) is 50.3 Å². The van der Waals surface area contributed by atoms with Crippen molar-refractivity contribution in [2.24, 2.45) is 5.92 Å². The van der Waals surface area contributed by atoms with Crippen molar-refractivity contribution in [1.82, 2.24) is 0 Å². The van der Waals surface area contributed by atoms with Crippen molar-refractivity contribution in [3.8, 4) is 5.75 Å². The van der Waals surface area contributed by atoms with E-state index in [0.717, 1.165) is 0 Å². The smallest absolute Gasteiger partial charge is 0.341 e. The number of quaternary nitrogens is 1. The Labute approximate surface area is 139 Å². The Kier molecular flexibility index (Phi) is 4.90. The molecule has 1 aromatic carbocycles. The van der Waals surface area contributed by atoms with Gasteiger partial charge in [0.05, 0.1) is 33.3 Å². The van der Waals surface area contributed by atoms with Crippen LogP contribution in [0.1, 0.15) is 42.5 Å². The summed E-state index contributed by atoms with van der Waals surface area (Å²) in [6, 6.07) is 7.92. The fourth-order valence-electron chi connectivity index (χ4n) is 4.50. The lowest BCUT2D eigenvalue weighted by Crippen LogP contribution is -2.61. The van der Waals surface area contributed by atoms with Gasteiger partial charge in [-0.3, -0.25) is 0 Å². The summed E-state index contributed by atoms with van der Waals surface area (Å²) in [6.45, 7) is 3.10. The number of carbonyl (C=O) groups excluding carboxylic acids is 1. The molecule has 3 rings (SSSR count). The topological polar surface area (TPSA) is 35.5 Å². The van der Waals surface area contributed by atoms with E-state index in [-0.39, 0.29) is 5.97 Å². The molecule has 0 unspecified atom stereocenters. The van der Waals surface area contributed by atoms with E-state index >= 15 is 0 Å². The Morgan fingerprint density at radius 3 is 2.78 bits per heavy atom. The lowest BCUT2D eigenvalue weighted by molar-refractivity contribution is -0.947. The first kappa shape index (κ1) is 16.3. The number of benzene rings is 1. The fourth-order valence-corrected chi connectivity index (χ4v) is 4.50. The number of piperidine rings is 2. The molecule has 23 heavy (non-hydrogen) atoms. The van der Waals surface area contributed by atoms with Gasteiger partial charge in [-0.15, -0.1) is 0 Å². The first-order chi connectivity index (χ1) is 11.1.